The maximum absolute atomic E-state index is 10.6. The number of carboxylic acid groups (broad SMARTS) is 1. The van der Waals surface area contributed by atoms with E-state index < -0.39 is 5.97 Å². The van der Waals surface area contributed by atoms with Crippen molar-refractivity contribution in [2.45, 2.75) is 13.8 Å². The highest BCUT2D eigenvalue weighted by Crippen LogP contribution is 2.19. The Balaban J connectivity index is 2.61. The quantitative estimate of drug-likeness (QED) is 0.886. The van der Waals surface area contributed by atoms with Crippen LogP contribution in [0.1, 0.15) is 12.5 Å². The molecule has 82 valence electrons. The average Bonchev–Trinajstić information content (AvgIpc) is 2.12. The van der Waals surface area contributed by atoms with Gasteiger partial charge < -0.3 is 10.4 Å². The standard InChI is InChI=1S/C11H14BrNO2/c1-7-3-9(12)5-10(4-7)13-6-8(2)11(14)15/h3-5,8,13H,6H2,1-2H3,(H,14,15). The largest absolute Gasteiger partial charge is 0.481 e. The van der Waals surface area contributed by atoms with Crippen molar-refractivity contribution in [2.75, 3.05) is 11.9 Å². The molecular formula is C11H14BrNO2. The molecule has 0 amide bonds. The molecule has 4 heteroatoms. The van der Waals surface area contributed by atoms with Gasteiger partial charge in [-0.2, -0.15) is 0 Å². The summed E-state index contributed by atoms with van der Waals surface area (Å²) in [5.74, 6) is -1.17. The second kappa shape index (κ2) is 5.16. The lowest BCUT2D eigenvalue weighted by Gasteiger charge is -2.10. The third-order valence-electron chi connectivity index (χ3n) is 2.08. The van der Waals surface area contributed by atoms with Crippen molar-refractivity contribution in [1.29, 1.82) is 0 Å². The monoisotopic (exact) mass is 271 g/mol. The highest BCUT2D eigenvalue weighted by molar-refractivity contribution is 9.10. The molecule has 1 atom stereocenters. The number of anilines is 1. The van der Waals surface area contributed by atoms with Crippen LogP contribution in [0.3, 0.4) is 0 Å². The fourth-order valence-corrected chi connectivity index (χ4v) is 1.80. The topological polar surface area (TPSA) is 49.3 Å². The fraction of sp³-hybridized carbons (Fsp3) is 0.364. The Morgan fingerprint density at radius 1 is 1.53 bits per heavy atom. The van der Waals surface area contributed by atoms with Crippen LogP contribution in [0, 0.1) is 12.8 Å². The van der Waals surface area contributed by atoms with Crippen LogP contribution in [0.2, 0.25) is 0 Å². The zero-order valence-electron chi connectivity index (χ0n) is 8.75. The highest BCUT2D eigenvalue weighted by Gasteiger charge is 2.09. The van der Waals surface area contributed by atoms with E-state index in [-0.39, 0.29) is 5.92 Å². The summed E-state index contributed by atoms with van der Waals surface area (Å²) in [6, 6.07) is 5.92. The lowest BCUT2D eigenvalue weighted by molar-refractivity contribution is -0.140. The number of aliphatic carboxylic acids is 1. The van der Waals surface area contributed by atoms with Crippen molar-refractivity contribution in [1.82, 2.24) is 0 Å². The Morgan fingerprint density at radius 3 is 2.73 bits per heavy atom. The first-order chi connectivity index (χ1) is 6.99. The summed E-state index contributed by atoms with van der Waals surface area (Å²) in [6.45, 7) is 4.11. The molecule has 1 rings (SSSR count). The summed E-state index contributed by atoms with van der Waals surface area (Å²) in [5, 5.41) is 11.8. The lowest BCUT2D eigenvalue weighted by atomic mass is 10.1. The highest BCUT2D eigenvalue weighted by atomic mass is 79.9. The van der Waals surface area contributed by atoms with Crippen molar-refractivity contribution in [3.63, 3.8) is 0 Å². The van der Waals surface area contributed by atoms with Gasteiger partial charge in [0.05, 0.1) is 5.92 Å². The van der Waals surface area contributed by atoms with Crippen molar-refractivity contribution < 1.29 is 9.90 Å². The molecule has 0 spiro atoms. The molecule has 1 unspecified atom stereocenters. The molecular weight excluding hydrogens is 258 g/mol. The number of aryl methyl sites for hydroxylation is 1. The third-order valence-corrected chi connectivity index (χ3v) is 2.53. The third kappa shape index (κ3) is 3.91. The summed E-state index contributed by atoms with van der Waals surface area (Å²) in [5.41, 5.74) is 2.07. The van der Waals surface area contributed by atoms with Gasteiger partial charge >= 0.3 is 5.97 Å². The number of nitrogens with one attached hydrogen (secondary N) is 1. The average molecular weight is 272 g/mol. The van der Waals surface area contributed by atoms with Gasteiger partial charge in [0.15, 0.2) is 0 Å². The van der Waals surface area contributed by atoms with E-state index in [9.17, 15) is 4.79 Å². The van der Waals surface area contributed by atoms with Crippen molar-refractivity contribution in [3.8, 4) is 0 Å². The number of hydrogen-bond donors (Lipinski definition) is 2. The number of hydrogen-bond acceptors (Lipinski definition) is 2. The second-order valence-corrected chi connectivity index (χ2v) is 4.55. The molecule has 0 bridgehead atoms. The van der Waals surface area contributed by atoms with Gasteiger partial charge in [0.25, 0.3) is 0 Å². The van der Waals surface area contributed by atoms with E-state index in [1.54, 1.807) is 6.92 Å². The van der Waals surface area contributed by atoms with Crippen molar-refractivity contribution in [3.05, 3.63) is 28.2 Å². The Bertz CT molecular complexity index is 345. The van der Waals surface area contributed by atoms with Crippen molar-refractivity contribution >= 4 is 27.6 Å². The molecule has 2 N–H and O–H groups in total. The van der Waals surface area contributed by atoms with Gasteiger partial charge in [-0.05, 0) is 30.7 Å². The van der Waals surface area contributed by atoms with Gasteiger partial charge in [-0.15, -0.1) is 0 Å². The summed E-state index contributed by atoms with van der Waals surface area (Å²) >= 11 is 3.39. The minimum Gasteiger partial charge on any atom is -0.481 e. The van der Waals surface area contributed by atoms with E-state index in [1.165, 1.54) is 0 Å². The van der Waals surface area contributed by atoms with Crippen LogP contribution >= 0.6 is 15.9 Å². The Labute approximate surface area is 97.6 Å². The zero-order chi connectivity index (χ0) is 11.4. The minimum atomic E-state index is -0.783. The molecule has 0 aliphatic carbocycles. The maximum Gasteiger partial charge on any atom is 0.308 e. The van der Waals surface area contributed by atoms with E-state index in [4.69, 9.17) is 5.11 Å². The van der Waals surface area contributed by atoms with Gasteiger partial charge in [-0.25, -0.2) is 0 Å². The van der Waals surface area contributed by atoms with Crippen LogP contribution in [0.25, 0.3) is 0 Å². The molecule has 3 nitrogen and oxygen atoms in total. The van der Waals surface area contributed by atoms with Gasteiger partial charge in [-0.1, -0.05) is 22.9 Å². The predicted molar refractivity (Wildman–Crippen MR) is 64.2 cm³/mol. The summed E-state index contributed by atoms with van der Waals surface area (Å²) in [4.78, 5) is 10.6. The van der Waals surface area contributed by atoms with Crippen LogP contribution in [-0.4, -0.2) is 17.6 Å². The van der Waals surface area contributed by atoms with E-state index >= 15 is 0 Å². The van der Waals surface area contributed by atoms with Gasteiger partial charge in [0.2, 0.25) is 0 Å². The number of carboxylic acids is 1. The Morgan fingerprint density at radius 2 is 2.20 bits per heavy atom. The molecule has 0 aliphatic heterocycles. The summed E-state index contributed by atoms with van der Waals surface area (Å²) < 4.78 is 0.993. The van der Waals surface area contributed by atoms with E-state index in [2.05, 4.69) is 21.2 Å². The summed E-state index contributed by atoms with van der Waals surface area (Å²) in [6.07, 6.45) is 0. The zero-order valence-corrected chi connectivity index (χ0v) is 10.3. The summed E-state index contributed by atoms with van der Waals surface area (Å²) in [7, 11) is 0. The maximum atomic E-state index is 10.6. The molecule has 0 aromatic heterocycles. The van der Waals surface area contributed by atoms with Crippen LogP contribution in [0.15, 0.2) is 22.7 Å². The molecule has 15 heavy (non-hydrogen) atoms. The van der Waals surface area contributed by atoms with Gasteiger partial charge in [0, 0.05) is 16.7 Å². The molecule has 1 aromatic rings. The normalized spacial score (nSPS) is 12.2. The fourth-order valence-electron chi connectivity index (χ4n) is 1.20. The van der Waals surface area contributed by atoms with Crippen LogP contribution in [-0.2, 0) is 4.79 Å². The Hall–Kier alpha value is -1.03. The molecule has 0 radical (unpaired) electrons. The molecule has 0 heterocycles. The van der Waals surface area contributed by atoms with E-state index in [1.807, 2.05) is 25.1 Å². The van der Waals surface area contributed by atoms with Gasteiger partial charge in [-0.3, -0.25) is 4.79 Å². The molecule has 1 aromatic carbocycles. The number of rotatable bonds is 4. The predicted octanol–water partition coefficient (Wildman–Crippen LogP) is 2.89. The molecule has 0 fully saturated rings. The second-order valence-electron chi connectivity index (χ2n) is 3.64. The molecule has 0 aliphatic rings. The number of carbonyl (C=O) groups is 1. The first kappa shape index (κ1) is 12.0. The van der Waals surface area contributed by atoms with Crippen LogP contribution < -0.4 is 5.32 Å². The van der Waals surface area contributed by atoms with E-state index in [0.717, 1.165) is 15.7 Å². The van der Waals surface area contributed by atoms with E-state index in [0.29, 0.717) is 6.54 Å². The number of halogens is 1. The molecule has 0 saturated heterocycles. The Kier molecular flexibility index (Phi) is 4.15. The SMILES string of the molecule is Cc1cc(Br)cc(NCC(C)C(=O)O)c1. The smallest absolute Gasteiger partial charge is 0.308 e. The number of benzene rings is 1. The van der Waals surface area contributed by atoms with Crippen LogP contribution in [0.4, 0.5) is 5.69 Å². The lowest BCUT2D eigenvalue weighted by Crippen LogP contribution is -2.19. The minimum absolute atomic E-state index is 0.385. The van der Waals surface area contributed by atoms with Crippen molar-refractivity contribution in [2.24, 2.45) is 5.92 Å². The molecule has 0 saturated carbocycles. The first-order valence-electron chi connectivity index (χ1n) is 4.73. The van der Waals surface area contributed by atoms with Crippen LogP contribution in [0.5, 0.6) is 0 Å². The van der Waals surface area contributed by atoms with Gasteiger partial charge in [0.1, 0.15) is 0 Å². The first-order valence-corrected chi connectivity index (χ1v) is 5.52.